The number of piperidine rings is 2. The molecular weight excluding hydrogens is 430 g/mol. The maximum atomic E-state index is 12.6. The zero-order valence-corrected chi connectivity index (χ0v) is 20.8. The molecule has 8 nitrogen and oxygen atoms in total. The van der Waals surface area contributed by atoms with Crippen LogP contribution in [0, 0.1) is 17.8 Å². The van der Waals surface area contributed by atoms with Gasteiger partial charge in [0.1, 0.15) is 5.75 Å². The molecule has 2 aliphatic rings. The van der Waals surface area contributed by atoms with Gasteiger partial charge in [-0.1, -0.05) is 19.0 Å². The van der Waals surface area contributed by atoms with E-state index in [1.54, 1.807) is 7.11 Å². The molecule has 3 heterocycles. The van der Waals surface area contributed by atoms with Gasteiger partial charge in [0.15, 0.2) is 0 Å². The predicted molar refractivity (Wildman–Crippen MR) is 131 cm³/mol. The van der Waals surface area contributed by atoms with Crippen LogP contribution < -0.4 is 10.1 Å². The zero-order valence-electron chi connectivity index (χ0n) is 20.8. The first-order valence-electron chi connectivity index (χ1n) is 12.7. The van der Waals surface area contributed by atoms with Crippen molar-refractivity contribution >= 4 is 5.91 Å². The van der Waals surface area contributed by atoms with Gasteiger partial charge in [0.05, 0.1) is 13.7 Å². The number of carbonyl (C=O) groups is 1. The molecule has 1 amide bonds. The third kappa shape index (κ3) is 6.79. The van der Waals surface area contributed by atoms with Crippen LogP contribution in [-0.2, 0) is 11.3 Å². The van der Waals surface area contributed by atoms with E-state index in [1.807, 2.05) is 24.3 Å². The molecule has 2 atom stereocenters. The fourth-order valence-corrected chi connectivity index (χ4v) is 5.35. The van der Waals surface area contributed by atoms with Gasteiger partial charge in [0.2, 0.25) is 17.6 Å². The van der Waals surface area contributed by atoms with Crippen molar-refractivity contribution in [2.45, 2.75) is 46.1 Å². The molecule has 186 valence electrons. The predicted octanol–water partition coefficient (Wildman–Crippen LogP) is 3.44. The summed E-state index contributed by atoms with van der Waals surface area (Å²) < 4.78 is 10.7. The summed E-state index contributed by atoms with van der Waals surface area (Å²) in [6.45, 7) is 11.3. The molecule has 2 aromatic rings. The van der Waals surface area contributed by atoms with Crippen molar-refractivity contribution in [2.24, 2.45) is 17.8 Å². The smallest absolute Gasteiger partial charge is 0.241 e. The second-order valence-corrected chi connectivity index (χ2v) is 10.1. The third-order valence-corrected chi connectivity index (χ3v) is 7.03. The molecule has 1 aromatic heterocycles. The Hall–Kier alpha value is -2.45. The van der Waals surface area contributed by atoms with E-state index >= 15 is 0 Å². The van der Waals surface area contributed by atoms with Crippen LogP contribution in [0.1, 0.15) is 45.4 Å². The van der Waals surface area contributed by atoms with Crippen LogP contribution in [0.4, 0.5) is 0 Å². The van der Waals surface area contributed by atoms with E-state index < -0.39 is 0 Å². The highest BCUT2D eigenvalue weighted by atomic mass is 16.5. The van der Waals surface area contributed by atoms with Crippen LogP contribution in [0.5, 0.6) is 5.75 Å². The zero-order chi connectivity index (χ0) is 23.9. The van der Waals surface area contributed by atoms with E-state index in [4.69, 9.17) is 9.26 Å². The number of benzene rings is 1. The van der Waals surface area contributed by atoms with Gasteiger partial charge in [-0.2, -0.15) is 4.98 Å². The van der Waals surface area contributed by atoms with Gasteiger partial charge in [-0.15, -0.1) is 0 Å². The maximum Gasteiger partial charge on any atom is 0.241 e. The summed E-state index contributed by atoms with van der Waals surface area (Å²) in [6, 6.07) is 7.61. The average Bonchev–Trinajstić information content (AvgIpc) is 3.30. The van der Waals surface area contributed by atoms with Gasteiger partial charge >= 0.3 is 0 Å². The SMILES string of the molecule is COc1ccc(-c2noc(CN3CCC(C(=O)NCCCN4CC(C)CC(C)C4)CC3)n2)cc1. The Morgan fingerprint density at radius 2 is 1.82 bits per heavy atom. The van der Waals surface area contributed by atoms with E-state index in [1.165, 1.54) is 19.5 Å². The first kappa shape index (κ1) is 24.7. The number of hydrogen-bond donors (Lipinski definition) is 1. The summed E-state index contributed by atoms with van der Waals surface area (Å²) >= 11 is 0. The normalized spacial score (nSPS) is 22.6. The fourth-order valence-electron chi connectivity index (χ4n) is 5.35. The van der Waals surface area contributed by atoms with E-state index in [0.29, 0.717) is 18.3 Å². The summed E-state index contributed by atoms with van der Waals surface area (Å²) in [4.78, 5) is 22.0. The fraction of sp³-hybridized carbons (Fsp3) is 0.654. The van der Waals surface area contributed by atoms with Gasteiger partial charge in [0.25, 0.3) is 0 Å². The van der Waals surface area contributed by atoms with Gasteiger partial charge < -0.3 is 19.5 Å². The summed E-state index contributed by atoms with van der Waals surface area (Å²) in [5, 5.41) is 7.29. The maximum absolute atomic E-state index is 12.6. The lowest BCUT2D eigenvalue weighted by molar-refractivity contribution is -0.126. The number of hydrogen-bond acceptors (Lipinski definition) is 7. The minimum Gasteiger partial charge on any atom is -0.497 e. The summed E-state index contributed by atoms with van der Waals surface area (Å²) in [5.74, 6) is 3.86. The molecule has 0 saturated carbocycles. The van der Waals surface area contributed by atoms with Crippen LogP contribution in [-0.4, -0.2) is 72.2 Å². The molecule has 0 bridgehead atoms. The quantitative estimate of drug-likeness (QED) is 0.563. The number of carbonyl (C=O) groups excluding carboxylic acids is 1. The van der Waals surface area contributed by atoms with Crippen LogP contribution >= 0.6 is 0 Å². The second-order valence-electron chi connectivity index (χ2n) is 10.1. The number of nitrogens with one attached hydrogen (secondary N) is 1. The molecule has 0 spiro atoms. The molecule has 34 heavy (non-hydrogen) atoms. The lowest BCUT2D eigenvalue weighted by atomic mass is 9.92. The van der Waals surface area contributed by atoms with E-state index in [9.17, 15) is 4.79 Å². The largest absolute Gasteiger partial charge is 0.497 e. The molecule has 2 fully saturated rings. The third-order valence-electron chi connectivity index (χ3n) is 7.03. The van der Waals surface area contributed by atoms with Crippen molar-refractivity contribution in [3.05, 3.63) is 30.2 Å². The molecule has 8 heteroatoms. The molecule has 1 aromatic carbocycles. The molecule has 0 aliphatic carbocycles. The van der Waals surface area contributed by atoms with E-state index in [-0.39, 0.29) is 11.8 Å². The first-order chi connectivity index (χ1) is 16.5. The van der Waals surface area contributed by atoms with Crippen molar-refractivity contribution < 1.29 is 14.1 Å². The van der Waals surface area contributed by atoms with Crippen LogP contribution in [0.2, 0.25) is 0 Å². The Labute approximate surface area is 203 Å². The molecule has 1 N–H and O–H groups in total. The Balaban J connectivity index is 1.14. The lowest BCUT2D eigenvalue weighted by Gasteiger charge is -2.35. The summed E-state index contributed by atoms with van der Waals surface area (Å²) in [6.07, 6.45) is 4.10. The number of aromatic nitrogens is 2. The molecular formula is C26H39N5O3. The summed E-state index contributed by atoms with van der Waals surface area (Å²) in [7, 11) is 1.64. The number of nitrogens with zero attached hydrogens (tertiary/aromatic N) is 4. The topological polar surface area (TPSA) is 83.7 Å². The molecule has 2 saturated heterocycles. The number of amides is 1. The van der Waals surface area contributed by atoms with Gasteiger partial charge in [-0.25, -0.2) is 0 Å². The van der Waals surface area contributed by atoms with Crippen molar-refractivity contribution in [2.75, 3.05) is 46.4 Å². The Morgan fingerprint density at radius 3 is 2.50 bits per heavy atom. The van der Waals surface area contributed by atoms with Crippen molar-refractivity contribution in [3.63, 3.8) is 0 Å². The van der Waals surface area contributed by atoms with Crippen molar-refractivity contribution in [1.82, 2.24) is 25.3 Å². The highest BCUT2D eigenvalue weighted by Gasteiger charge is 2.26. The lowest BCUT2D eigenvalue weighted by Crippen LogP contribution is -2.42. The molecule has 4 rings (SSSR count). The highest BCUT2D eigenvalue weighted by Crippen LogP contribution is 2.23. The van der Waals surface area contributed by atoms with Crippen LogP contribution in [0.25, 0.3) is 11.4 Å². The van der Waals surface area contributed by atoms with E-state index in [2.05, 4.69) is 39.1 Å². The Kier molecular flexibility index (Phi) is 8.56. The minimum absolute atomic E-state index is 0.101. The van der Waals surface area contributed by atoms with Crippen LogP contribution in [0.3, 0.4) is 0 Å². The molecule has 0 radical (unpaired) electrons. The number of likely N-dealkylation sites (tertiary alicyclic amines) is 2. The summed E-state index contributed by atoms with van der Waals surface area (Å²) in [5.41, 5.74) is 0.899. The van der Waals surface area contributed by atoms with Crippen molar-refractivity contribution in [1.29, 1.82) is 0 Å². The standard InChI is InChI=1S/C26H39N5O3/c1-19-15-20(2)17-31(16-19)12-4-11-27-26(32)22-9-13-30(14-10-22)18-24-28-25(29-34-24)21-5-7-23(33-3)8-6-21/h5-8,19-20,22H,4,9-18H2,1-3H3,(H,27,32). The molecule has 2 aliphatic heterocycles. The monoisotopic (exact) mass is 469 g/mol. The van der Waals surface area contributed by atoms with E-state index in [0.717, 1.165) is 68.6 Å². The van der Waals surface area contributed by atoms with Gasteiger partial charge in [0, 0.05) is 31.1 Å². The Morgan fingerprint density at radius 1 is 1.12 bits per heavy atom. The van der Waals surface area contributed by atoms with Gasteiger partial charge in [-0.05, 0) is 81.4 Å². The minimum atomic E-state index is 0.101. The number of ether oxygens (including phenoxy) is 1. The second kappa shape index (κ2) is 11.8. The highest BCUT2D eigenvalue weighted by molar-refractivity contribution is 5.78. The molecule has 2 unspecified atom stereocenters. The van der Waals surface area contributed by atoms with Crippen LogP contribution in [0.15, 0.2) is 28.8 Å². The first-order valence-corrected chi connectivity index (χ1v) is 12.7. The number of methoxy groups -OCH3 is 1. The van der Waals surface area contributed by atoms with Crippen molar-refractivity contribution in [3.8, 4) is 17.1 Å². The number of rotatable bonds is 9. The average molecular weight is 470 g/mol. The van der Waals surface area contributed by atoms with Gasteiger partial charge in [-0.3, -0.25) is 9.69 Å². The Bertz CT molecular complexity index is 897.